The number of benzene rings is 1. The Morgan fingerprint density at radius 1 is 1.24 bits per heavy atom. The van der Waals surface area contributed by atoms with E-state index >= 15 is 0 Å². The fourth-order valence-electron chi connectivity index (χ4n) is 3.57. The molecule has 0 spiro atoms. The van der Waals surface area contributed by atoms with Crippen LogP contribution in [0.2, 0.25) is 0 Å². The lowest BCUT2D eigenvalue weighted by atomic mass is 9.99. The molecule has 1 aliphatic heterocycles. The monoisotopic (exact) mass is 340 g/mol. The zero-order valence-electron chi connectivity index (χ0n) is 15.2. The average Bonchev–Trinajstić information content (AvgIpc) is 2.95. The fraction of sp³-hybridized carbons (Fsp3) is 0.524. The largest absolute Gasteiger partial charge is 0.391 e. The van der Waals surface area contributed by atoms with Gasteiger partial charge in [-0.15, -0.1) is 0 Å². The number of para-hydroxylation sites is 1. The second kappa shape index (κ2) is 7.96. The summed E-state index contributed by atoms with van der Waals surface area (Å²) in [4.78, 5) is 18.9. The normalized spacial score (nSPS) is 20.6. The first kappa shape index (κ1) is 17.9. The van der Waals surface area contributed by atoms with E-state index in [4.69, 9.17) is 4.98 Å². The summed E-state index contributed by atoms with van der Waals surface area (Å²) in [7, 11) is 0. The van der Waals surface area contributed by atoms with Crippen LogP contribution in [0.1, 0.15) is 38.8 Å². The third kappa shape index (κ3) is 4.57. The van der Waals surface area contributed by atoms with Gasteiger partial charge in [0.05, 0.1) is 11.6 Å². The van der Waals surface area contributed by atoms with Crippen molar-refractivity contribution in [2.75, 3.05) is 13.1 Å². The molecule has 3 rings (SSSR count). The van der Waals surface area contributed by atoms with Gasteiger partial charge >= 0.3 is 0 Å². The Labute approximate surface area is 149 Å². The molecule has 1 saturated heterocycles. The number of aliphatic hydroxyl groups is 1. The van der Waals surface area contributed by atoms with Crippen molar-refractivity contribution in [3.8, 4) is 0 Å². The van der Waals surface area contributed by atoms with Gasteiger partial charge in [-0.25, -0.2) is 0 Å². The Bertz CT molecular complexity index is 729. The van der Waals surface area contributed by atoms with Crippen LogP contribution in [-0.4, -0.2) is 40.1 Å². The molecule has 2 atom stereocenters. The number of carbonyl (C=O) groups is 1. The molecule has 1 aromatic heterocycles. The molecule has 0 saturated carbocycles. The van der Waals surface area contributed by atoms with Crippen LogP contribution in [0.4, 0.5) is 0 Å². The third-order valence-electron chi connectivity index (χ3n) is 5.06. The van der Waals surface area contributed by atoms with Gasteiger partial charge in [0.1, 0.15) is 0 Å². The van der Waals surface area contributed by atoms with Crippen LogP contribution < -0.4 is 0 Å². The number of rotatable bonds is 6. The topological polar surface area (TPSA) is 53.4 Å². The number of fused-ring (bicyclic) bond motifs is 1. The summed E-state index contributed by atoms with van der Waals surface area (Å²) in [6.07, 6.45) is 2.85. The van der Waals surface area contributed by atoms with Crippen molar-refractivity contribution >= 4 is 16.8 Å². The number of amides is 1. The molecule has 0 bridgehead atoms. The summed E-state index contributed by atoms with van der Waals surface area (Å²) in [6.45, 7) is 5.45. The molecule has 25 heavy (non-hydrogen) atoms. The molecule has 2 aromatic rings. The first-order chi connectivity index (χ1) is 12.0. The number of pyridine rings is 1. The van der Waals surface area contributed by atoms with Crippen molar-refractivity contribution < 1.29 is 9.90 Å². The zero-order valence-corrected chi connectivity index (χ0v) is 15.2. The molecular formula is C21H28N2O2. The van der Waals surface area contributed by atoms with Gasteiger partial charge in [-0.3, -0.25) is 9.78 Å². The number of hydrogen-bond donors (Lipinski definition) is 1. The van der Waals surface area contributed by atoms with E-state index in [9.17, 15) is 9.90 Å². The van der Waals surface area contributed by atoms with E-state index in [0.29, 0.717) is 31.8 Å². The maximum atomic E-state index is 12.3. The van der Waals surface area contributed by atoms with Gasteiger partial charge in [0, 0.05) is 36.5 Å². The molecule has 1 aliphatic rings. The SMILES string of the molecule is CC(C)CCCC(=O)N1C[C@@H](Cc2ccc3ccccc3n2)[C@H](O)C1. The van der Waals surface area contributed by atoms with Crippen LogP contribution in [0, 0.1) is 11.8 Å². The molecule has 1 fully saturated rings. The summed E-state index contributed by atoms with van der Waals surface area (Å²) in [6, 6.07) is 12.2. The van der Waals surface area contributed by atoms with Gasteiger partial charge < -0.3 is 10.0 Å². The van der Waals surface area contributed by atoms with E-state index in [1.807, 2.05) is 35.2 Å². The first-order valence-corrected chi connectivity index (χ1v) is 9.33. The summed E-state index contributed by atoms with van der Waals surface area (Å²) in [5.41, 5.74) is 1.96. The number of likely N-dealkylation sites (tertiary alicyclic amines) is 1. The van der Waals surface area contributed by atoms with Crippen LogP contribution in [0.5, 0.6) is 0 Å². The van der Waals surface area contributed by atoms with Gasteiger partial charge in [0.25, 0.3) is 0 Å². The lowest BCUT2D eigenvalue weighted by Gasteiger charge is -2.16. The molecule has 0 radical (unpaired) electrons. The smallest absolute Gasteiger partial charge is 0.222 e. The highest BCUT2D eigenvalue weighted by Crippen LogP contribution is 2.23. The zero-order chi connectivity index (χ0) is 17.8. The number of aromatic nitrogens is 1. The molecule has 1 N–H and O–H groups in total. The second-order valence-electron chi connectivity index (χ2n) is 7.61. The lowest BCUT2D eigenvalue weighted by Crippen LogP contribution is -2.29. The minimum atomic E-state index is -0.456. The molecule has 1 aromatic carbocycles. The molecule has 134 valence electrons. The van der Waals surface area contributed by atoms with E-state index in [1.54, 1.807) is 0 Å². The highest BCUT2D eigenvalue weighted by atomic mass is 16.3. The standard InChI is InChI=1S/C21H28N2O2/c1-15(2)6-5-9-21(25)23-13-17(20(24)14-23)12-18-11-10-16-7-3-4-8-19(16)22-18/h3-4,7-8,10-11,15,17,20,24H,5-6,9,12-14H2,1-2H3/t17-,20-/m1/s1. The Kier molecular flexibility index (Phi) is 5.69. The van der Waals surface area contributed by atoms with Gasteiger partial charge in [0.15, 0.2) is 0 Å². The third-order valence-corrected chi connectivity index (χ3v) is 5.06. The molecular weight excluding hydrogens is 312 g/mol. The van der Waals surface area contributed by atoms with Crippen LogP contribution in [0.15, 0.2) is 36.4 Å². The Morgan fingerprint density at radius 2 is 2.04 bits per heavy atom. The van der Waals surface area contributed by atoms with Crippen molar-refractivity contribution in [2.24, 2.45) is 11.8 Å². The molecule has 4 nitrogen and oxygen atoms in total. The number of nitrogens with zero attached hydrogens (tertiary/aromatic N) is 2. The Morgan fingerprint density at radius 3 is 2.84 bits per heavy atom. The number of β-amino-alcohol motifs (C(OH)–C–C–N with tert-alkyl or cyclic N) is 1. The van der Waals surface area contributed by atoms with Gasteiger partial charge in [-0.1, -0.05) is 44.5 Å². The van der Waals surface area contributed by atoms with Crippen molar-refractivity contribution in [1.29, 1.82) is 0 Å². The van der Waals surface area contributed by atoms with Crippen LogP contribution in [0.3, 0.4) is 0 Å². The fourth-order valence-corrected chi connectivity index (χ4v) is 3.57. The molecule has 0 unspecified atom stereocenters. The van der Waals surface area contributed by atoms with Crippen LogP contribution >= 0.6 is 0 Å². The number of hydrogen-bond acceptors (Lipinski definition) is 3. The van der Waals surface area contributed by atoms with E-state index < -0.39 is 6.10 Å². The summed E-state index contributed by atoms with van der Waals surface area (Å²) in [5, 5.41) is 11.5. The highest BCUT2D eigenvalue weighted by Gasteiger charge is 2.33. The van der Waals surface area contributed by atoms with Crippen molar-refractivity contribution in [3.63, 3.8) is 0 Å². The first-order valence-electron chi connectivity index (χ1n) is 9.33. The van der Waals surface area contributed by atoms with Crippen molar-refractivity contribution in [3.05, 3.63) is 42.1 Å². The van der Waals surface area contributed by atoms with E-state index in [-0.39, 0.29) is 11.8 Å². The highest BCUT2D eigenvalue weighted by molar-refractivity contribution is 5.78. The summed E-state index contributed by atoms with van der Waals surface area (Å²) >= 11 is 0. The number of aliphatic hydroxyl groups excluding tert-OH is 1. The molecule has 1 amide bonds. The van der Waals surface area contributed by atoms with Gasteiger partial charge in [-0.05, 0) is 30.9 Å². The Hall–Kier alpha value is -1.94. The maximum absolute atomic E-state index is 12.3. The van der Waals surface area contributed by atoms with E-state index in [2.05, 4.69) is 19.9 Å². The molecule has 2 heterocycles. The van der Waals surface area contributed by atoms with Crippen LogP contribution in [0.25, 0.3) is 10.9 Å². The predicted octanol–water partition coefficient (Wildman–Crippen LogP) is 3.42. The predicted molar refractivity (Wildman–Crippen MR) is 100 cm³/mol. The number of carbonyl (C=O) groups excluding carboxylic acids is 1. The summed E-state index contributed by atoms with van der Waals surface area (Å²) < 4.78 is 0. The quantitative estimate of drug-likeness (QED) is 0.876. The maximum Gasteiger partial charge on any atom is 0.222 e. The van der Waals surface area contributed by atoms with Crippen molar-refractivity contribution in [2.45, 2.75) is 45.6 Å². The van der Waals surface area contributed by atoms with E-state index in [0.717, 1.165) is 29.4 Å². The summed E-state index contributed by atoms with van der Waals surface area (Å²) in [5.74, 6) is 0.875. The second-order valence-corrected chi connectivity index (χ2v) is 7.61. The van der Waals surface area contributed by atoms with Gasteiger partial charge in [0.2, 0.25) is 5.91 Å². The Balaban J connectivity index is 1.58. The van der Waals surface area contributed by atoms with Gasteiger partial charge in [-0.2, -0.15) is 0 Å². The minimum absolute atomic E-state index is 0.0720. The minimum Gasteiger partial charge on any atom is -0.391 e. The molecule has 0 aliphatic carbocycles. The average molecular weight is 340 g/mol. The molecule has 4 heteroatoms. The van der Waals surface area contributed by atoms with Crippen LogP contribution in [-0.2, 0) is 11.2 Å². The van der Waals surface area contributed by atoms with Crippen molar-refractivity contribution in [1.82, 2.24) is 9.88 Å². The lowest BCUT2D eigenvalue weighted by molar-refractivity contribution is -0.130. The van der Waals surface area contributed by atoms with E-state index in [1.165, 1.54) is 0 Å².